The maximum Gasteiger partial charge on any atom is 0.312 e. The Morgan fingerprint density at radius 2 is 1.06 bits per heavy atom. The fourth-order valence-electron chi connectivity index (χ4n) is 4.52. The molecule has 8 heteroatoms. The van der Waals surface area contributed by atoms with Gasteiger partial charge in [0.05, 0.1) is 52.5 Å². The minimum atomic E-state index is -0.207. The van der Waals surface area contributed by atoms with Crippen molar-refractivity contribution in [2.75, 3.05) is 40.6 Å². The van der Waals surface area contributed by atoms with Crippen molar-refractivity contribution in [2.24, 2.45) is 11.8 Å². The molecule has 0 aromatic heterocycles. The molecule has 0 bridgehead atoms. The van der Waals surface area contributed by atoms with Crippen molar-refractivity contribution < 1.29 is 28.5 Å². The summed E-state index contributed by atoms with van der Waals surface area (Å²) >= 11 is 0. The van der Waals surface area contributed by atoms with Crippen molar-refractivity contribution in [3.05, 3.63) is 71.8 Å². The average Bonchev–Trinajstić information content (AvgIpc) is 3.58. The van der Waals surface area contributed by atoms with Gasteiger partial charge >= 0.3 is 11.9 Å². The second-order valence-electron chi connectivity index (χ2n) is 9.15. The van der Waals surface area contributed by atoms with Gasteiger partial charge in [0.1, 0.15) is 0 Å². The zero-order valence-corrected chi connectivity index (χ0v) is 21.5. The van der Waals surface area contributed by atoms with Gasteiger partial charge in [0.2, 0.25) is 0 Å². The van der Waals surface area contributed by atoms with E-state index in [2.05, 4.69) is 48.7 Å². The molecule has 8 nitrogen and oxygen atoms in total. The fraction of sp³-hybridized carbons (Fsp3) is 0.500. The minimum absolute atomic E-state index is 0.0210. The van der Waals surface area contributed by atoms with Crippen LogP contribution in [0.25, 0.3) is 0 Å². The van der Waals surface area contributed by atoms with Crippen LogP contribution in [0, 0.1) is 11.8 Å². The highest BCUT2D eigenvalue weighted by molar-refractivity contribution is 5.74. The molecule has 2 aromatic rings. The summed E-state index contributed by atoms with van der Waals surface area (Å²) in [4.78, 5) is 23.2. The van der Waals surface area contributed by atoms with Gasteiger partial charge in [0, 0.05) is 24.2 Å². The van der Waals surface area contributed by atoms with E-state index in [0.29, 0.717) is 26.4 Å². The second-order valence-corrected chi connectivity index (χ2v) is 9.15. The number of nitrogens with one attached hydrogen (secondary N) is 2. The quantitative estimate of drug-likeness (QED) is 0.537. The number of hydrogen-bond acceptors (Lipinski definition) is 8. The molecule has 6 atom stereocenters. The molecule has 2 aliphatic rings. The Balaban J connectivity index is 0.000000201. The molecule has 0 amide bonds. The molecule has 36 heavy (non-hydrogen) atoms. The van der Waals surface area contributed by atoms with Gasteiger partial charge in [0.15, 0.2) is 0 Å². The summed E-state index contributed by atoms with van der Waals surface area (Å²) in [6.07, 6.45) is 0. The Hall–Kier alpha value is -2.78. The number of benzene rings is 2. The van der Waals surface area contributed by atoms with Crippen LogP contribution in [-0.2, 0) is 28.5 Å². The number of carbonyl (C=O) groups is 2. The average molecular weight is 499 g/mol. The van der Waals surface area contributed by atoms with Gasteiger partial charge in [-0.15, -0.1) is 0 Å². The zero-order valence-electron chi connectivity index (χ0n) is 21.5. The van der Waals surface area contributed by atoms with E-state index < -0.39 is 0 Å². The molecule has 2 fully saturated rings. The van der Waals surface area contributed by atoms with Crippen LogP contribution in [0.4, 0.5) is 0 Å². The standard InChI is InChI=1S/2C14H19NO3/c2*1-10(11-6-4-3-5-7-11)15-13-9-18-8-12(13)14(16)17-2/h2*3-7,10,12-13,15H,8-9H2,1-2H3/t2*10-,12-,13-/m10/s1. The van der Waals surface area contributed by atoms with Crippen molar-refractivity contribution in [3.8, 4) is 0 Å². The highest BCUT2D eigenvalue weighted by Crippen LogP contribution is 2.21. The summed E-state index contributed by atoms with van der Waals surface area (Å²) in [5.41, 5.74) is 2.40. The highest BCUT2D eigenvalue weighted by atomic mass is 16.5. The fourth-order valence-corrected chi connectivity index (χ4v) is 4.52. The molecular formula is C28H38N2O6. The second kappa shape index (κ2) is 14.1. The van der Waals surface area contributed by atoms with Crippen LogP contribution in [0.1, 0.15) is 37.1 Å². The maximum absolute atomic E-state index is 11.6. The molecule has 2 aliphatic heterocycles. The lowest BCUT2D eigenvalue weighted by Gasteiger charge is -2.22. The number of carbonyl (C=O) groups excluding carboxylic acids is 2. The van der Waals surface area contributed by atoms with E-state index in [4.69, 9.17) is 18.9 Å². The maximum atomic E-state index is 11.6. The van der Waals surface area contributed by atoms with E-state index in [1.807, 2.05) is 36.4 Å². The molecule has 0 unspecified atom stereocenters. The molecule has 0 saturated carbocycles. The molecule has 2 N–H and O–H groups in total. The molecule has 0 aliphatic carbocycles. The highest BCUT2D eigenvalue weighted by Gasteiger charge is 2.36. The van der Waals surface area contributed by atoms with Crippen molar-refractivity contribution in [2.45, 2.75) is 38.0 Å². The van der Waals surface area contributed by atoms with Gasteiger partial charge in [-0.3, -0.25) is 9.59 Å². The van der Waals surface area contributed by atoms with Crippen LogP contribution in [0.5, 0.6) is 0 Å². The Bertz CT molecular complexity index is 864. The zero-order chi connectivity index (χ0) is 25.9. The summed E-state index contributed by atoms with van der Waals surface area (Å²) in [6, 6.07) is 20.7. The molecule has 0 radical (unpaired) electrons. The van der Waals surface area contributed by atoms with Crippen LogP contribution in [0.15, 0.2) is 60.7 Å². The van der Waals surface area contributed by atoms with E-state index in [-0.39, 0.29) is 47.9 Å². The van der Waals surface area contributed by atoms with Crippen LogP contribution >= 0.6 is 0 Å². The molecule has 2 heterocycles. The SMILES string of the molecule is COC(=O)[C@@H]1COC[C@H]1N[C@H](C)c1ccccc1.COC(=O)[C@H]1COC[C@@H]1N[C@@H](C)c1ccccc1. The first-order chi connectivity index (χ1) is 17.4. The first-order valence-electron chi connectivity index (χ1n) is 12.4. The first kappa shape index (κ1) is 27.8. The molecule has 2 aromatic carbocycles. The molecule has 196 valence electrons. The lowest BCUT2D eigenvalue weighted by Crippen LogP contribution is -2.41. The summed E-state index contributed by atoms with van der Waals surface area (Å²) in [5.74, 6) is -0.821. The van der Waals surface area contributed by atoms with Crippen LogP contribution in [0.3, 0.4) is 0 Å². The third-order valence-electron chi connectivity index (χ3n) is 6.70. The van der Waals surface area contributed by atoms with Crippen molar-refractivity contribution in [3.63, 3.8) is 0 Å². The van der Waals surface area contributed by atoms with Gasteiger partial charge in [-0.2, -0.15) is 0 Å². The summed E-state index contributed by atoms with van der Waals surface area (Å²) in [6.45, 7) is 6.15. The number of hydrogen-bond donors (Lipinski definition) is 2. The largest absolute Gasteiger partial charge is 0.469 e. The van der Waals surface area contributed by atoms with Crippen LogP contribution in [-0.4, -0.2) is 64.7 Å². The van der Waals surface area contributed by atoms with Gasteiger partial charge in [-0.05, 0) is 25.0 Å². The van der Waals surface area contributed by atoms with Gasteiger partial charge in [-0.1, -0.05) is 60.7 Å². The van der Waals surface area contributed by atoms with E-state index in [1.165, 1.54) is 25.3 Å². The Morgan fingerprint density at radius 1 is 0.694 bits per heavy atom. The molecule has 0 spiro atoms. The Morgan fingerprint density at radius 3 is 1.39 bits per heavy atom. The molecule has 4 rings (SSSR count). The predicted octanol–water partition coefficient (Wildman–Crippen LogP) is 3.05. The molecule has 2 saturated heterocycles. The smallest absolute Gasteiger partial charge is 0.312 e. The minimum Gasteiger partial charge on any atom is -0.469 e. The third-order valence-corrected chi connectivity index (χ3v) is 6.70. The number of esters is 2. The summed E-state index contributed by atoms with van der Waals surface area (Å²) in [7, 11) is 2.83. The third kappa shape index (κ3) is 7.61. The van der Waals surface area contributed by atoms with Crippen molar-refractivity contribution in [1.82, 2.24) is 10.6 Å². The lowest BCUT2D eigenvalue weighted by atomic mass is 10.0. The predicted molar refractivity (Wildman–Crippen MR) is 136 cm³/mol. The Kier molecular flexibility index (Phi) is 10.9. The number of methoxy groups -OCH3 is 2. The van der Waals surface area contributed by atoms with Crippen molar-refractivity contribution >= 4 is 11.9 Å². The van der Waals surface area contributed by atoms with Crippen molar-refractivity contribution in [1.29, 1.82) is 0 Å². The van der Waals surface area contributed by atoms with Gasteiger partial charge < -0.3 is 29.6 Å². The summed E-state index contributed by atoms with van der Waals surface area (Å²) < 4.78 is 20.3. The monoisotopic (exact) mass is 498 g/mol. The lowest BCUT2D eigenvalue weighted by molar-refractivity contribution is -0.146. The van der Waals surface area contributed by atoms with Crippen LogP contribution in [0.2, 0.25) is 0 Å². The topological polar surface area (TPSA) is 95.1 Å². The first-order valence-corrected chi connectivity index (χ1v) is 12.4. The normalized spacial score (nSPS) is 24.8. The van der Waals surface area contributed by atoms with E-state index in [0.717, 1.165) is 0 Å². The molecular weight excluding hydrogens is 460 g/mol. The van der Waals surface area contributed by atoms with Crippen LogP contribution < -0.4 is 10.6 Å². The van der Waals surface area contributed by atoms with E-state index in [1.54, 1.807) is 0 Å². The Labute approximate surface area is 213 Å². The number of rotatable bonds is 8. The van der Waals surface area contributed by atoms with Gasteiger partial charge in [-0.25, -0.2) is 0 Å². The van der Waals surface area contributed by atoms with E-state index >= 15 is 0 Å². The van der Waals surface area contributed by atoms with Gasteiger partial charge in [0.25, 0.3) is 0 Å². The summed E-state index contributed by atoms with van der Waals surface area (Å²) in [5, 5.41) is 6.87. The van der Waals surface area contributed by atoms with E-state index in [9.17, 15) is 9.59 Å². The number of ether oxygens (including phenoxy) is 4.